The van der Waals surface area contributed by atoms with Gasteiger partial charge in [-0.3, -0.25) is 14.9 Å². The van der Waals surface area contributed by atoms with Gasteiger partial charge < -0.3 is 15.8 Å². The van der Waals surface area contributed by atoms with E-state index in [2.05, 4.69) is 10.1 Å². The lowest BCUT2D eigenvalue weighted by Gasteiger charge is -2.22. The molecule has 126 valence electrons. The van der Waals surface area contributed by atoms with E-state index in [0.717, 1.165) is 18.9 Å². The molecule has 0 aromatic heterocycles. The molecule has 0 aliphatic heterocycles. The first-order chi connectivity index (χ1) is 10.4. The normalized spacial score (nSPS) is 15.4. The molecule has 9 heteroatoms. The number of benzene rings is 1. The molecule has 1 saturated carbocycles. The summed E-state index contributed by atoms with van der Waals surface area (Å²) in [5.41, 5.74) is 4.90. The Morgan fingerprint density at radius 2 is 1.91 bits per heavy atom. The van der Waals surface area contributed by atoms with Crippen molar-refractivity contribution in [1.82, 2.24) is 0 Å². The summed E-state index contributed by atoms with van der Waals surface area (Å²) in [7, 11) is 1.17. The number of esters is 1. The number of methoxy groups -OCH3 is 1. The van der Waals surface area contributed by atoms with Crippen LogP contribution in [0.2, 0.25) is 0 Å². The number of nitro benzene ring substituents is 1. The highest BCUT2D eigenvalue weighted by Gasteiger charge is 2.37. The number of hydrogen-bond acceptors (Lipinski definition) is 6. The van der Waals surface area contributed by atoms with Crippen molar-refractivity contribution in [3.05, 3.63) is 33.9 Å². The van der Waals surface area contributed by atoms with Crippen molar-refractivity contribution >= 4 is 35.7 Å². The molecule has 0 atom stereocenters. The minimum absolute atomic E-state index is 0. The number of carbonyl (C=O) groups excluding carboxylic acids is 2. The van der Waals surface area contributed by atoms with E-state index < -0.39 is 22.3 Å². The summed E-state index contributed by atoms with van der Waals surface area (Å²) in [5.74, 6) is -1.12. The average molecular weight is 344 g/mol. The summed E-state index contributed by atoms with van der Waals surface area (Å²) in [6, 6.07) is 3.60. The second kappa shape index (κ2) is 7.38. The summed E-state index contributed by atoms with van der Waals surface area (Å²) in [5, 5.41) is 13.5. The first kappa shape index (κ1) is 18.9. The van der Waals surface area contributed by atoms with Crippen molar-refractivity contribution in [2.75, 3.05) is 12.4 Å². The number of carbonyl (C=O) groups is 2. The molecule has 0 heterocycles. The lowest BCUT2D eigenvalue weighted by molar-refractivity contribution is -0.384. The van der Waals surface area contributed by atoms with Crippen LogP contribution < -0.4 is 11.1 Å². The highest BCUT2D eigenvalue weighted by molar-refractivity contribution is 6.00. The Kier molecular flexibility index (Phi) is 6.05. The number of anilines is 1. The molecule has 1 aromatic carbocycles. The van der Waals surface area contributed by atoms with Crippen LogP contribution in [0, 0.1) is 10.1 Å². The first-order valence-corrected chi connectivity index (χ1v) is 6.84. The standard InChI is InChI=1S/C14H17N3O5.ClH/c1-22-12(18)9-6-10(8-11(7-9)17(20)21)16-13(19)14(15)4-2-3-5-14;/h6-8H,2-5,15H2,1H3,(H,16,19);1H. The van der Waals surface area contributed by atoms with Gasteiger partial charge in [-0.2, -0.15) is 0 Å². The molecule has 1 aliphatic carbocycles. The van der Waals surface area contributed by atoms with Gasteiger partial charge in [-0.1, -0.05) is 12.8 Å². The maximum absolute atomic E-state index is 12.2. The average Bonchev–Trinajstić information content (AvgIpc) is 2.94. The highest BCUT2D eigenvalue weighted by atomic mass is 35.5. The molecule has 1 aliphatic rings. The van der Waals surface area contributed by atoms with Gasteiger partial charge in [-0.15, -0.1) is 12.4 Å². The summed E-state index contributed by atoms with van der Waals surface area (Å²) in [4.78, 5) is 34.1. The zero-order valence-corrected chi connectivity index (χ0v) is 13.4. The molecule has 0 bridgehead atoms. The smallest absolute Gasteiger partial charge is 0.338 e. The van der Waals surface area contributed by atoms with Gasteiger partial charge >= 0.3 is 5.97 Å². The number of rotatable bonds is 4. The fourth-order valence-electron chi connectivity index (χ4n) is 2.51. The van der Waals surface area contributed by atoms with E-state index in [1.165, 1.54) is 19.2 Å². The second-order valence-corrected chi connectivity index (χ2v) is 5.33. The van der Waals surface area contributed by atoms with Crippen molar-refractivity contribution in [1.29, 1.82) is 0 Å². The Hall–Kier alpha value is -2.19. The number of nitrogens with two attached hydrogens (primary N) is 1. The van der Waals surface area contributed by atoms with Gasteiger partial charge in [0, 0.05) is 17.8 Å². The molecule has 1 aromatic rings. The van der Waals surface area contributed by atoms with Crippen LogP contribution in [-0.2, 0) is 9.53 Å². The van der Waals surface area contributed by atoms with E-state index in [9.17, 15) is 19.7 Å². The molecule has 2 rings (SSSR count). The van der Waals surface area contributed by atoms with Crippen LogP contribution in [-0.4, -0.2) is 29.4 Å². The molecule has 0 unspecified atom stereocenters. The Labute approximate surface area is 138 Å². The summed E-state index contributed by atoms with van der Waals surface area (Å²) in [6.07, 6.45) is 2.87. The van der Waals surface area contributed by atoms with Crippen LogP contribution in [0.5, 0.6) is 0 Å². The molecule has 1 fully saturated rings. The number of non-ortho nitro benzene ring substituents is 1. The van der Waals surface area contributed by atoms with E-state index in [0.29, 0.717) is 12.8 Å². The second-order valence-electron chi connectivity index (χ2n) is 5.33. The molecular weight excluding hydrogens is 326 g/mol. The van der Waals surface area contributed by atoms with Crippen molar-refractivity contribution in [3.8, 4) is 0 Å². The third-order valence-corrected chi connectivity index (χ3v) is 3.76. The lowest BCUT2D eigenvalue weighted by atomic mass is 9.98. The Bertz CT molecular complexity index is 629. The molecule has 1 amide bonds. The van der Waals surface area contributed by atoms with Gasteiger partial charge in [0.05, 0.1) is 23.1 Å². The number of hydrogen-bond donors (Lipinski definition) is 2. The predicted molar refractivity (Wildman–Crippen MR) is 85.7 cm³/mol. The van der Waals surface area contributed by atoms with Crippen molar-refractivity contribution in [3.63, 3.8) is 0 Å². The van der Waals surface area contributed by atoms with Crippen LogP contribution >= 0.6 is 12.4 Å². The fourth-order valence-corrected chi connectivity index (χ4v) is 2.51. The predicted octanol–water partition coefficient (Wildman–Crippen LogP) is 2.01. The van der Waals surface area contributed by atoms with E-state index in [1.54, 1.807) is 0 Å². The molecule has 8 nitrogen and oxygen atoms in total. The molecule has 0 radical (unpaired) electrons. The van der Waals surface area contributed by atoms with Gasteiger partial charge in [0.25, 0.3) is 5.69 Å². The van der Waals surface area contributed by atoms with E-state index >= 15 is 0 Å². The number of nitrogens with one attached hydrogen (secondary N) is 1. The van der Waals surface area contributed by atoms with Crippen LogP contribution in [0.3, 0.4) is 0 Å². The van der Waals surface area contributed by atoms with Crippen LogP contribution in [0.4, 0.5) is 11.4 Å². The van der Waals surface area contributed by atoms with Crippen molar-refractivity contribution in [2.24, 2.45) is 5.73 Å². The van der Waals surface area contributed by atoms with Gasteiger partial charge in [-0.25, -0.2) is 4.79 Å². The maximum Gasteiger partial charge on any atom is 0.338 e. The Balaban J connectivity index is 0.00000264. The van der Waals surface area contributed by atoms with Crippen LogP contribution in [0.1, 0.15) is 36.0 Å². The largest absolute Gasteiger partial charge is 0.465 e. The zero-order chi connectivity index (χ0) is 16.3. The van der Waals surface area contributed by atoms with Gasteiger partial charge in [0.1, 0.15) is 0 Å². The van der Waals surface area contributed by atoms with E-state index in [4.69, 9.17) is 5.73 Å². The molecule has 3 N–H and O–H groups in total. The number of ether oxygens (including phenoxy) is 1. The minimum Gasteiger partial charge on any atom is -0.465 e. The number of halogens is 1. The Morgan fingerprint density at radius 1 is 1.30 bits per heavy atom. The molecule has 0 saturated heterocycles. The SMILES string of the molecule is COC(=O)c1cc(NC(=O)C2(N)CCCC2)cc([N+](=O)[O-])c1.Cl. The molecule has 23 heavy (non-hydrogen) atoms. The number of nitro groups is 1. The highest BCUT2D eigenvalue weighted by Crippen LogP contribution is 2.29. The summed E-state index contributed by atoms with van der Waals surface area (Å²) in [6.45, 7) is 0. The molecule has 0 spiro atoms. The van der Waals surface area contributed by atoms with Gasteiger partial charge in [0.2, 0.25) is 5.91 Å². The third-order valence-electron chi connectivity index (χ3n) is 3.76. The number of nitrogens with zero attached hydrogens (tertiary/aromatic N) is 1. The van der Waals surface area contributed by atoms with Crippen LogP contribution in [0.25, 0.3) is 0 Å². The van der Waals surface area contributed by atoms with E-state index in [1.807, 2.05) is 0 Å². The van der Waals surface area contributed by atoms with Crippen molar-refractivity contribution < 1.29 is 19.2 Å². The quantitative estimate of drug-likeness (QED) is 0.489. The minimum atomic E-state index is -0.962. The number of amides is 1. The fraction of sp³-hybridized carbons (Fsp3) is 0.429. The summed E-state index contributed by atoms with van der Waals surface area (Å²) >= 11 is 0. The molecular formula is C14H18ClN3O5. The monoisotopic (exact) mass is 343 g/mol. The Morgan fingerprint density at radius 3 is 2.43 bits per heavy atom. The zero-order valence-electron chi connectivity index (χ0n) is 12.5. The van der Waals surface area contributed by atoms with Gasteiger partial charge in [-0.05, 0) is 18.9 Å². The lowest BCUT2D eigenvalue weighted by Crippen LogP contribution is -2.48. The first-order valence-electron chi connectivity index (χ1n) is 6.84. The van der Waals surface area contributed by atoms with Gasteiger partial charge in [0.15, 0.2) is 0 Å². The van der Waals surface area contributed by atoms with E-state index in [-0.39, 0.29) is 29.3 Å². The summed E-state index contributed by atoms with van der Waals surface area (Å²) < 4.78 is 4.55. The maximum atomic E-state index is 12.2. The third kappa shape index (κ3) is 4.17. The van der Waals surface area contributed by atoms with Crippen LogP contribution in [0.15, 0.2) is 18.2 Å². The topological polar surface area (TPSA) is 125 Å². The van der Waals surface area contributed by atoms with Crippen molar-refractivity contribution in [2.45, 2.75) is 31.2 Å².